The maximum Gasteiger partial charge on any atom is 0.244 e. The molecule has 140 valence electrons. The van der Waals surface area contributed by atoms with Crippen molar-refractivity contribution < 1.29 is 4.74 Å². The van der Waals surface area contributed by atoms with Crippen molar-refractivity contribution in [2.24, 2.45) is 0 Å². The van der Waals surface area contributed by atoms with Gasteiger partial charge in [-0.25, -0.2) is 4.98 Å². The standard InChI is InChI=1S/C19H23N7O/c1-25(2)19-22-17(23-24-19)14-9-12-26(13-10-14)18-20-11-8-16(21-18)27-15-6-4-3-5-7-15/h3-8,11,14H,9-10,12-13H2,1-2H3,(H,22,23,24). The normalized spacial score (nSPS) is 15.0. The molecular weight excluding hydrogens is 342 g/mol. The monoisotopic (exact) mass is 365 g/mol. The lowest BCUT2D eigenvalue weighted by molar-refractivity contribution is 0.454. The second kappa shape index (κ2) is 7.61. The highest BCUT2D eigenvalue weighted by atomic mass is 16.5. The smallest absolute Gasteiger partial charge is 0.244 e. The highest BCUT2D eigenvalue weighted by Gasteiger charge is 2.25. The number of nitrogens with zero attached hydrogens (tertiary/aromatic N) is 6. The summed E-state index contributed by atoms with van der Waals surface area (Å²) in [5.74, 6) is 4.09. The summed E-state index contributed by atoms with van der Waals surface area (Å²) in [6.45, 7) is 1.74. The second-order valence-electron chi connectivity index (χ2n) is 6.79. The number of hydrogen-bond acceptors (Lipinski definition) is 7. The number of nitrogens with one attached hydrogen (secondary N) is 1. The highest BCUT2D eigenvalue weighted by Crippen LogP contribution is 2.28. The van der Waals surface area contributed by atoms with Gasteiger partial charge in [-0.3, -0.25) is 5.10 Å². The van der Waals surface area contributed by atoms with Gasteiger partial charge >= 0.3 is 0 Å². The first-order valence-corrected chi connectivity index (χ1v) is 9.09. The molecule has 8 nitrogen and oxygen atoms in total. The van der Waals surface area contributed by atoms with Crippen LogP contribution in [0.2, 0.25) is 0 Å². The third kappa shape index (κ3) is 3.99. The maximum absolute atomic E-state index is 5.82. The van der Waals surface area contributed by atoms with Crippen molar-refractivity contribution in [3.05, 3.63) is 48.4 Å². The Hall–Kier alpha value is -3.16. The number of hydrogen-bond donors (Lipinski definition) is 1. The van der Waals surface area contributed by atoms with Crippen LogP contribution < -0.4 is 14.5 Å². The van der Waals surface area contributed by atoms with Crippen LogP contribution >= 0.6 is 0 Å². The fourth-order valence-corrected chi connectivity index (χ4v) is 3.15. The van der Waals surface area contributed by atoms with Gasteiger partial charge in [0.15, 0.2) is 0 Å². The van der Waals surface area contributed by atoms with Crippen LogP contribution in [0.1, 0.15) is 24.6 Å². The number of aromatic nitrogens is 5. The van der Waals surface area contributed by atoms with Gasteiger partial charge in [-0.15, -0.1) is 5.10 Å². The molecule has 0 spiro atoms. The number of ether oxygens (including phenoxy) is 1. The van der Waals surface area contributed by atoms with E-state index in [9.17, 15) is 0 Å². The Morgan fingerprint density at radius 2 is 1.85 bits per heavy atom. The van der Waals surface area contributed by atoms with Gasteiger partial charge in [0.2, 0.25) is 17.8 Å². The van der Waals surface area contributed by atoms with Gasteiger partial charge in [0.25, 0.3) is 0 Å². The summed E-state index contributed by atoms with van der Waals surface area (Å²) in [7, 11) is 3.88. The van der Waals surface area contributed by atoms with E-state index in [1.165, 1.54) is 0 Å². The van der Waals surface area contributed by atoms with E-state index in [-0.39, 0.29) is 0 Å². The van der Waals surface area contributed by atoms with Gasteiger partial charge < -0.3 is 14.5 Å². The molecule has 0 bridgehead atoms. The van der Waals surface area contributed by atoms with Crippen molar-refractivity contribution >= 4 is 11.9 Å². The second-order valence-corrected chi connectivity index (χ2v) is 6.79. The molecule has 1 aliphatic heterocycles. The summed E-state index contributed by atoms with van der Waals surface area (Å²) in [5.41, 5.74) is 0. The molecule has 0 aliphatic carbocycles. The quantitative estimate of drug-likeness (QED) is 0.744. The van der Waals surface area contributed by atoms with Crippen LogP contribution in [0, 0.1) is 0 Å². The van der Waals surface area contributed by atoms with Gasteiger partial charge in [-0.2, -0.15) is 9.97 Å². The van der Waals surface area contributed by atoms with Crippen LogP contribution in [0.25, 0.3) is 0 Å². The largest absolute Gasteiger partial charge is 0.439 e. The Balaban J connectivity index is 1.40. The lowest BCUT2D eigenvalue weighted by atomic mass is 9.96. The lowest BCUT2D eigenvalue weighted by Gasteiger charge is -2.30. The molecule has 3 aromatic rings. The lowest BCUT2D eigenvalue weighted by Crippen LogP contribution is -2.34. The number of para-hydroxylation sites is 1. The molecule has 1 N–H and O–H groups in total. The van der Waals surface area contributed by atoms with Gasteiger partial charge in [0, 0.05) is 45.4 Å². The molecule has 4 rings (SSSR count). The average Bonchev–Trinajstić information content (AvgIpc) is 3.20. The Bertz CT molecular complexity index is 873. The zero-order chi connectivity index (χ0) is 18.6. The molecule has 3 heterocycles. The molecule has 8 heteroatoms. The molecule has 1 fully saturated rings. The van der Waals surface area contributed by atoms with Gasteiger partial charge in [-0.1, -0.05) is 18.2 Å². The predicted octanol–water partition coefficient (Wildman–Crippen LogP) is 2.84. The molecular formula is C19H23N7O. The van der Waals surface area contributed by atoms with Gasteiger partial charge in [0.05, 0.1) is 0 Å². The van der Waals surface area contributed by atoms with Gasteiger partial charge in [0.1, 0.15) is 11.6 Å². The molecule has 27 heavy (non-hydrogen) atoms. The molecule has 0 unspecified atom stereocenters. The third-order valence-electron chi connectivity index (χ3n) is 4.64. The van der Waals surface area contributed by atoms with Crippen LogP contribution in [-0.4, -0.2) is 52.3 Å². The predicted molar refractivity (Wildman–Crippen MR) is 103 cm³/mol. The van der Waals surface area contributed by atoms with E-state index in [0.717, 1.165) is 43.5 Å². The molecule has 2 aromatic heterocycles. The zero-order valence-corrected chi connectivity index (χ0v) is 15.5. The van der Waals surface area contributed by atoms with Crippen LogP contribution in [0.4, 0.5) is 11.9 Å². The third-order valence-corrected chi connectivity index (χ3v) is 4.64. The van der Waals surface area contributed by atoms with Crippen molar-refractivity contribution in [3.8, 4) is 11.6 Å². The number of benzene rings is 1. The van der Waals surface area contributed by atoms with Crippen LogP contribution in [0.15, 0.2) is 42.6 Å². The first kappa shape index (κ1) is 17.3. The summed E-state index contributed by atoms with van der Waals surface area (Å²) in [6.07, 6.45) is 3.71. The molecule has 0 amide bonds. The Morgan fingerprint density at radius 3 is 2.56 bits per heavy atom. The zero-order valence-electron chi connectivity index (χ0n) is 15.5. The first-order valence-electron chi connectivity index (χ1n) is 9.09. The van der Waals surface area contributed by atoms with Gasteiger partial charge in [-0.05, 0) is 25.0 Å². The minimum atomic E-state index is 0.381. The van der Waals surface area contributed by atoms with E-state index < -0.39 is 0 Å². The van der Waals surface area contributed by atoms with E-state index in [4.69, 9.17) is 4.74 Å². The Morgan fingerprint density at radius 1 is 1.07 bits per heavy atom. The van der Waals surface area contributed by atoms with E-state index in [0.29, 0.717) is 17.7 Å². The molecule has 1 saturated heterocycles. The summed E-state index contributed by atoms with van der Waals surface area (Å²) in [6, 6.07) is 11.4. The van der Waals surface area contributed by atoms with E-state index in [1.54, 1.807) is 12.3 Å². The SMILES string of the molecule is CN(C)c1n[nH]c(C2CCN(c3nccc(Oc4ccccc4)n3)CC2)n1. The fourth-order valence-electron chi connectivity index (χ4n) is 3.15. The number of H-pyrrole nitrogens is 1. The first-order chi connectivity index (χ1) is 13.2. The van der Waals surface area contributed by atoms with Crippen molar-refractivity contribution in [2.45, 2.75) is 18.8 Å². The van der Waals surface area contributed by atoms with Crippen molar-refractivity contribution in [1.82, 2.24) is 25.1 Å². The van der Waals surface area contributed by atoms with Crippen molar-refractivity contribution in [3.63, 3.8) is 0 Å². The number of piperidine rings is 1. The topological polar surface area (TPSA) is 83.1 Å². The molecule has 0 radical (unpaired) electrons. The average molecular weight is 365 g/mol. The maximum atomic E-state index is 5.82. The van der Waals surface area contributed by atoms with Crippen LogP contribution in [0.3, 0.4) is 0 Å². The van der Waals surface area contributed by atoms with Crippen LogP contribution in [0.5, 0.6) is 11.6 Å². The Kier molecular flexibility index (Phi) is 4.86. The highest BCUT2D eigenvalue weighted by molar-refractivity contribution is 5.35. The van der Waals surface area contributed by atoms with E-state index >= 15 is 0 Å². The fraction of sp³-hybridized carbons (Fsp3) is 0.368. The molecule has 1 aromatic carbocycles. The van der Waals surface area contributed by atoms with Crippen molar-refractivity contribution in [1.29, 1.82) is 0 Å². The minimum absolute atomic E-state index is 0.381. The summed E-state index contributed by atoms with van der Waals surface area (Å²) < 4.78 is 5.82. The number of rotatable bonds is 5. The van der Waals surface area contributed by atoms with E-state index in [1.807, 2.05) is 49.3 Å². The van der Waals surface area contributed by atoms with Crippen LogP contribution in [-0.2, 0) is 0 Å². The molecule has 0 atom stereocenters. The summed E-state index contributed by atoms with van der Waals surface area (Å²) in [4.78, 5) is 17.7. The molecule has 0 saturated carbocycles. The summed E-state index contributed by atoms with van der Waals surface area (Å²) >= 11 is 0. The van der Waals surface area contributed by atoms with E-state index in [2.05, 4.69) is 30.0 Å². The number of aromatic amines is 1. The Labute approximate surface area is 158 Å². The molecule has 1 aliphatic rings. The summed E-state index contributed by atoms with van der Waals surface area (Å²) in [5, 5.41) is 7.33. The van der Waals surface area contributed by atoms with Crippen molar-refractivity contribution in [2.75, 3.05) is 37.0 Å². The number of anilines is 2. The minimum Gasteiger partial charge on any atom is -0.439 e.